The predicted octanol–water partition coefficient (Wildman–Crippen LogP) is 3.19. The van der Waals surface area contributed by atoms with E-state index in [-0.39, 0.29) is 11.3 Å². The van der Waals surface area contributed by atoms with E-state index in [2.05, 4.69) is 43.4 Å². The van der Waals surface area contributed by atoms with Gasteiger partial charge in [-0.15, -0.1) is 0 Å². The van der Waals surface area contributed by atoms with Crippen LogP contribution in [0.2, 0.25) is 0 Å². The van der Waals surface area contributed by atoms with Crippen molar-refractivity contribution in [2.45, 2.75) is 44.9 Å². The molecule has 1 aliphatic carbocycles. The quantitative estimate of drug-likeness (QED) is 0.849. The van der Waals surface area contributed by atoms with E-state index in [1.54, 1.807) is 0 Å². The van der Waals surface area contributed by atoms with Gasteiger partial charge in [-0.3, -0.25) is 4.79 Å². The van der Waals surface area contributed by atoms with Crippen LogP contribution in [0.25, 0.3) is 0 Å². The molecule has 2 heteroatoms. The van der Waals surface area contributed by atoms with Gasteiger partial charge < -0.3 is 5.32 Å². The van der Waals surface area contributed by atoms with Gasteiger partial charge in [-0.25, -0.2) is 0 Å². The highest BCUT2D eigenvalue weighted by Crippen LogP contribution is 2.54. The summed E-state index contributed by atoms with van der Waals surface area (Å²) in [5.74, 6) is 1.24. The lowest BCUT2D eigenvalue weighted by Crippen LogP contribution is -2.40. The lowest BCUT2D eigenvalue weighted by molar-refractivity contribution is -0.132. The monoisotopic (exact) mass is 243 g/mol. The fourth-order valence-corrected chi connectivity index (χ4v) is 3.41. The summed E-state index contributed by atoms with van der Waals surface area (Å²) < 4.78 is 0. The van der Waals surface area contributed by atoms with Crippen molar-refractivity contribution in [1.29, 1.82) is 0 Å². The Hall–Kier alpha value is -1.31. The fourth-order valence-electron chi connectivity index (χ4n) is 3.41. The first-order valence-corrected chi connectivity index (χ1v) is 7.02. The summed E-state index contributed by atoms with van der Waals surface area (Å²) in [5, 5.41) is 3.06. The van der Waals surface area contributed by atoms with E-state index < -0.39 is 0 Å². The highest BCUT2D eigenvalue weighted by Gasteiger charge is 2.54. The Morgan fingerprint density at radius 3 is 2.39 bits per heavy atom. The maximum absolute atomic E-state index is 12.0. The first-order valence-electron chi connectivity index (χ1n) is 7.02. The van der Waals surface area contributed by atoms with Gasteiger partial charge in [0.15, 0.2) is 0 Å². The third kappa shape index (κ3) is 1.58. The average molecular weight is 243 g/mol. The standard InChI is InChI=1S/C16H21NO/c1-11(2)12-4-6-13(7-5-12)14-10-17-15(18)16(14)8-3-9-16/h4-7,11,14H,3,8-10H2,1-2H3,(H,17,18). The summed E-state index contributed by atoms with van der Waals surface area (Å²) in [6, 6.07) is 8.88. The molecule has 1 amide bonds. The van der Waals surface area contributed by atoms with Crippen molar-refractivity contribution in [1.82, 2.24) is 5.32 Å². The number of hydrogen-bond acceptors (Lipinski definition) is 1. The average Bonchev–Trinajstić information content (AvgIpc) is 2.66. The Morgan fingerprint density at radius 2 is 1.89 bits per heavy atom. The number of amides is 1. The molecule has 1 heterocycles. The minimum absolute atomic E-state index is 0.0701. The molecule has 3 rings (SSSR count). The van der Waals surface area contributed by atoms with Crippen molar-refractivity contribution in [3.8, 4) is 0 Å². The molecule has 1 saturated carbocycles. The zero-order valence-corrected chi connectivity index (χ0v) is 11.2. The largest absolute Gasteiger partial charge is 0.355 e. The molecule has 1 saturated heterocycles. The van der Waals surface area contributed by atoms with Gasteiger partial charge >= 0.3 is 0 Å². The Balaban J connectivity index is 1.88. The van der Waals surface area contributed by atoms with Crippen LogP contribution in [-0.2, 0) is 4.79 Å². The molecule has 1 aliphatic heterocycles. The lowest BCUT2D eigenvalue weighted by Gasteiger charge is -2.40. The summed E-state index contributed by atoms with van der Waals surface area (Å²) in [6.45, 7) is 5.24. The van der Waals surface area contributed by atoms with Gasteiger partial charge in [0.05, 0.1) is 5.41 Å². The number of carbonyl (C=O) groups is 1. The molecule has 1 aromatic rings. The SMILES string of the molecule is CC(C)c1ccc(C2CNC(=O)C23CCC3)cc1. The highest BCUT2D eigenvalue weighted by atomic mass is 16.2. The molecule has 18 heavy (non-hydrogen) atoms. The first-order chi connectivity index (χ1) is 8.63. The number of carbonyl (C=O) groups excluding carboxylic acids is 1. The van der Waals surface area contributed by atoms with Crippen LogP contribution >= 0.6 is 0 Å². The van der Waals surface area contributed by atoms with Crippen molar-refractivity contribution in [2.24, 2.45) is 5.41 Å². The number of benzene rings is 1. The van der Waals surface area contributed by atoms with Crippen molar-refractivity contribution in [3.63, 3.8) is 0 Å². The number of rotatable bonds is 2. The maximum atomic E-state index is 12.0. The Morgan fingerprint density at radius 1 is 1.22 bits per heavy atom. The topological polar surface area (TPSA) is 29.1 Å². The molecular formula is C16H21NO. The van der Waals surface area contributed by atoms with Crippen molar-refractivity contribution >= 4 is 5.91 Å². The summed E-state index contributed by atoms with van der Waals surface area (Å²) >= 11 is 0. The lowest BCUT2D eigenvalue weighted by atomic mass is 9.60. The molecule has 96 valence electrons. The third-order valence-electron chi connectivity index (χ3n) is 4.84. The molecule has 1 N–H and O–H groups in total. The summed E-state index contributed by atoms with van der Waals surface area (Å²) in [5.41, 5.74) is 2.63. The molecule has 1 atom stereocenters. The molecule has 0 radical (unpaired) electrons. The molecule has 1 spiro atoms. The van der Waals surface area contributed by atoms with Crippen molar-refractivity contribution < 1.29 is 4.79 Å². The van der Waals surface area contributed by atoms with Gasteiger partial charge in [0.25, 0.3) is 0 Å². The summed E-state index contributed by atoms with van der Waals surface area (Å²) in [6.07, 6.45) is 3.33. The Labute approximate surface area is 109 Å². The molecule has 2 fully saturated rings. The number of nitrogens with one attached hydrogen (secondary N) is 1. The second-order valence-corrected chi connectivity index (χ2v) is 6.09. The molecular weight excluding hydrogens is 222 g/mol. The van der Waals surface area contributed by atoms with E-state index in [1.807, 2.05) is 0 Å². The maximum Gasteiger partial charge on any atom is 0.226 e. The molecule has 0 aromatic heterocycles. The van der Waals surface area contributed by atoms with Gasteiger partial charge in [0, 0.05) is 12.5 Å². The first kappa shape index (κ1) is 11.8. The van der Waals surface area contributed by atoms with Gasteiger partial charge in [-0.1, -0.05) is 44.5 Å². The third-order valence-corrected chi connectivity index (χ3v) is 4.84. The zero-order valence-electron chi connectivity index (χ0n) is 11.2. The van der Waals surface area contributed by atoms with Gasteiger partial charge in [-0.2, -0.15) is 0 Å². The molecule has 2 aliphatic rings. The molecule has 2 nitrogen and oxygen atoms in total. The zero-order chi connectivity index (χ0) is 12.8. The molecule has 1 aromatic carbocycles. The summed E-state index contributed by atoms with van der Waals surface area (Å²) in [7, 11) is 0. The van der Waals surface area contributed by atoms with Crippen LogP contribution in [0.1, 0.15) is 56.1 Å². The van der Waals surface area contributed by atoms with Crippen LogP contribution in [0.3, 0.4) is 0 Å². The molecule has 0 bridgehead atoms. The van der Waals surface area contributed by atoms with Crippen LogP contribution in [0, 0.1) is 5.41 Å². The summed E-state index contributed by atoms with van der Waals surface area (Å²) in [4.78, 5) is 12.0. The number of hydrogen-bond donors (Lipinski definition) is 1. The second-order valence-electron chi connectivity index (χ2n) is 6.09. The van der Waals surface area contributed by atoms with E-state index in [1.165, 1.54) is 17.5 Å². The van der Waals surface area contributed by atoms with Crippen molar-refractivity contribution in [2.75, 3.05) is 6.54 Å². The molecule has 1 unspecified atom stereocenters. The second kappa shape index (κ2) is 4.11. The smallest absolute Gasteiger partial charge is 0.226 e. The van der Waals surface area contributed by atoms with E-state index in [0.717, 1.165) is 19.4 Å². The predicted molar refractivity (Wildman–Crippen MR) is 72.6 cm³/mol. The van der Waals surface area contributed by atoms with Gasteiger partial charge in [0.1, 0.15) is 0 Å². The minimum Gasteiger partial charge on any atom is -0.355 e. The Kier molecular flexibility index (Phi) is 2.69. The Bertz CT molecular complexity index is 456. The van der Waals surface area contributed by atoms with Crippen LogP contribution in [0.5, 0.6) is 0 Å². The normalized spacial score (nSPS) is 25.3. The van der Waals surface area contributed by atoms with E-state index in [4.69, 9.17) is 0 Å². The van der Waals surface area contributed by atoms with Gasteiger partial charge in [-0.05, 0) is 29.9 Å². The minimum atomic E-state index is -0.0701. The van der Waals surface area contributed by atoms with Crippen LogP contribution in [0.15, 0.2) is 24.3 Å². The fraction of sp³-hybridized carbons (Fsp3) is 0.562. The van der Waals surface area contributed by atoms with Crippen LogP contribution < -0.4 is 5.32 Å². The van der Waals surface area contributed by atoms with Crippen LogP contribution in [0.4, 0.5) is 0 Å². The van der Waals surface area contributed by atoms with Crippen molar-refractivity contribution in [3.05, 3.63) is 35.4 Å². The van der Waals surface area contributed by atoms with E-state index in [0.29, 0.717) is 11.8 Å². The van der Waals surface area contributed by atoms with E-state index >= 15 is 0 Å². The van der Waals surface area contributed by atoms with E-state index in [9.17, 15) is 4.79 Å². The van der Waals surface area contributed by atoms with Crippen LogP contribution in [-0.4, -0.2) is 12.5 Å². The van der Waals surface area contributed by atoms with Gasteiger partial charge in [0.2, 0.25) is 5.91 Å². The highest BCUT2D eigenvalue weighted by molar-refractivity contribution is 5.87.